The SMILES string of the molecule is C=CC1CN(c2cc(C(=N)c3cccc(OC4(C)CC4)c3)ncn2)CCN1C(C)CC1CC1. The smallest absolute Gasteiger partial charge is 0.132 e. The first-order chi connectivity index (χ1) is 15.9. The van der Waals surface area contributed by atoms with E-state index in [4.69, 9.17) is 10.1 Å². The number of aromatic nitrogens is 2. The zero-order valence-electron chi connectivity index (χ0n) is 19.8. The van der Waals surface area contributed by atoms with E-state index in [9.17, 15) is 0 Å². The maximum Gasteiger partial charge on any atom is 0.132 e. The van der Waals surface area contributed by atoms with Crippen LogP contribution < -0.4 is 9.64 Å². The van der Waals surface area contributed by atoms with Crippen molar-refractivity contribution in [1.82, 2.24) is 14.9 Å². The molecule has 1 N–H and O–H groups in total. The Morgan fingerprint density at radius 2 is 2.09 bits per heavy atom. The van der Waals surface area contributed by atoms with Gasteiger partial charge in [0.15, 0.2) is 0 Å². The van der Waals surface area contributed by atoms with Gasteiger partial charge in [0.2, 0.25) is 0 Å². The summed E-state index contributed by atoms with van der Waals surface area (Å²) in [5.74, 6) is 2.62. The normalized spacial score (nSPS) is 23.1. The van der Waals surface area contributed by atoms with Gasteiger partial charge in [0.25, 0.3) is 0 Å². The predicted molar refractivity (Wildman–Crippen MR) is 132 cm³/mol. The van der Waals surface area contributed by atoms with Crippen LogP contribution >= 0.6 is 0 Å². The van der Waals surface area contributed by atoms with Crippen LogP contribution in [0, 0.1) is 11.3 Å². The Balaban J connectivity index is 1.28. The molecule has 33 heavy (non-hydrogen) atoms. The van der Waals surface area contributed by atoms with E-state index in [-0.39, 0.29) is 5.60 Å². The Hall–Kier alpha value is -2.73. The average molecular weight is 446 g/mol. The molecule has 2 heterocycles. The summed E-state index contributed by atoms with van der Waals surface area (Å²) in [4.78, 5) is 13.9. The van der Waals surface area contributed by atoms with Gasteiger partial charge in [-0.1, -0.05) is 31.1 Å². The molecule has 174 valence electrons. The highest BCUT2D eigenvalue weighted by atomic mass is 16.5. The molecule has 1 aromatic heterocycles. The van der Waals surface area contributed by atoms with Gasteiger partial charge in [-0.3, -0.25) is 10.3 Å². The number of benzene rings is 1. The van der Waals surface area contributed by atoms with E-state index < -0.39 is 0 Å². The Morgan fingerprint density at radius 1 is 1.27 bits per heavy atom. The van der Waals surface area contributed by atoms with E-state index in [1.807, 2.05) is 30.3 Å². The lowest BCUT2D eigenvalue weighted by Gasteiger charge is -2.43. The summed E-state index contributed by atoms with van der Waals surface area (Å²) in [5, 5.41) is 8.77. The van der Waals surface area contributed by atoms with Gasteiger partial charge >= 0.3 is 0 Å². The van der Waals surface area contributed by atoms with E-state index in [0.29, 0.717) is 23.5 Å². The van der Waals surface area contributed by atoms with Crippen molar-refractivity contribution in [2.45, 2.75) is 63.6 Å². The lowest BCUT2D eigenvalue weighted by molar-refractivity contribution is 0.144. The van der Waals surface area contributed by atoms with Crippen LogP contribution in [0.2, 0.25) is 0 Å². The number of nitrogens with one attached hydrogen (secondary N) is 1. The number of rotatable bonds is 9. The topological polar surface area (TPSA) is 65.3 Å². The lowest BCUT2D eigenvalue weighted by atomic mass is 10.0. The molecule has 0 radical (unpaired) electrons. The molecule has 6 nitrogen and oxygen atoms in total. The maximum atomic E-state index is 8.77. The molecule has 3 fully saturated rings. The Bertz CT molecular complexity index is 1030. The molecule has 5 rings (SSSR count). The standard InChI is InChI=1S/C27H35N5O/c1-4-22-17-31(12-13-32(22)19(2)14-20-8-9-20)25-16-24(29-18-30-25)26(28)21-6-5-7-23(15-21)33-27(3)10-11-27/h4-7,15-16,18-20,22,28H,1,8-14,17H2,2-3H3. The van der Waals surface area contributed by atoms with Gasteiger partial charge in [0.05, 0.1) is 11.4 Å². The molecule has 2 unspecified atom stereocenters. The number of hydrogen-bond acceptors (Lipinski definition) is 6. The van der Waals surface area contributed by atoms with E-state index in [2.05, 4.69) is 46.3 Å². The van der Waals surface area contributed by atoms with Gasteiger partial charge < -0.3 is 9.64 Å². The lowest BCUT2D eigenvalue weighted by Crippen LogP contribution is -2.55. The maximum absolute atomic E-state index is 8.77. The molecule has 1 aromatic carbocycles. The highest BCUT2D eigenvalue weighted by molar-refractivity contribution is 6.10. The van der Waals surface area contributed by atoms with Crippen LogP contribution in [0.3, 0.4) is 0 Å². The molecular formula is C27H35N5O. The van der Waals surface area contributed by atoms with Crippen LogP contribution in [0.1, 0.15) is 57.2 Å². The van der Waals surface area contributed by atoms with Crippen molar-refractivity contribution in [3.05, 3.63) is 60.6 Å². The Kier molecular flexibility index (Phi) is 5.95. The minimum Gasteiger partial charge on any atom is -0.488 e. The summed E-state index contributed by atoms with van der Waals surface area (Å²) in [5.41, 5.74) is 1.80. The van der Waals surface area contributed by atoms with Crippen molar-refractivity contribution in [2.24, 2.45) is 5.92 Å². The van der Waals surface area contributed by atoms with Gasteiger partial charge in [0, 0.05) is 43.3 Å². The molecular weight excluding hydrogens is 410 g/mol. The van der Waals surface area contributed by atoms with Crippen LogP contribution in [0.5, 0.6) is 5.75 Å². The average Bonchev–Trinajstić information content (AvgIpc) is 3.77. The zero-order valence-corrected chi connectivity index (χ0v) is 19.8. The largest absolute Gasteiger partial charge is 0.488 e. The molecule has 1 saturated heterocycles. The molecule has 2 atom stereocenters. The van der Waals surface area contributed by atoms with E-state index in [1.165, 1.54) is 19.3 Å². The summed E-state index contributed by atoms with van der Waals surface area (Å²) in [7, 11) is 0. The third kappa shape index (κ3) is 5.11. The monoisotopic (exact) mass is 445 g/mol. The molecule has 0 bridgehead atoms. The number of anilines is 1. The second-order valence-electron chi connectivity index (χ2n) is 10.2. The minimum absolute atomic E-state index is 0.0388. The van der Waals surface area contributed by atoms with Gasteiger partial charge in [0.1, 0.15) is 23.5 Å². The van der Waals surface area contributed by atoms with Crippen LogP contribution in [0.15, 0.2) is 49.3 Å². The van der Waals surface area contributed by atoms with E-state index in [1.54, 1.807) is 6.33 Å². The summed E-state index contributed by atoms with van der Waals surface area (Å²) in [6, 6.07) is 10.6. The molecule has 2 aliphatic carbocycles. The predicted octanol–water partition coefficient (Wildman–Crippen LogP) is 4.69. The van der Waals surface area contributed by atoms with Gasteiger partial charge in [-0.25, -0.2) is 9.97 Å². The molecule has 0 spiro atoms. The number of hydrogen-bond donors (Lipinski definition) is 1. The fourth-order valence-electron chi connectivity index (χ4n) is 4.84. The molecule has 3 aliphatic rings. The molecule has 2 saturated carbocycles. The van der Waals surface area contributed by atoms with Crippen LogP contribution in [0.4, 0.5) is 5.82 Å². The molecule has 1 aliphatic heterocycles. The first-order valence-electron chi connectivity index (χ1n) is 12.3. The first-order valence-corrected chi connectivity index (χ1v) is 12.3. The number of piperazine rings is 1. The summed E-state index contributed by atoms with van der Waals surface area (Å²) < 4.78 is 6.09. The van der Waals surface area contributed by atoms with E-state index >= 15 is 0 Å². The van der Waals surface area contributed by atoms with Crippen molar-refractivity contribution in [2.75, 3.05) is 24.5 Å². The van der Waals surface area contributed by atoms with Gasteiger partial charge in [-0.2, -0.15) is 0 Å². The van der Waals surface area contributed by atoms with Crippen LogP contribution in [-0.4, -0.2) is 57.9 Å². The summed E-state index contributed by atoms with van der Waals surface area (Å²) >= 11 is 0. The fourth-order valence-corrected chi connectivity index (χ4v) is 4.84. The van der Waals surface area contributed by atoms with Gasteiger partial charge in [-0.15, -0.1) is 6.58 Å². The number of nitrogens with zero attached hydrogens (tertiary/aromatic N) is 4. The fraction of sp³-hybridized carbons (Fsp3) is 0.519. The van der Waals surface area contributed by atoms with Crippen molar-refractivity contribution < 1.29 is 4.74 Å². The van der Waals surface area contributed by atoms with Crippen molar-refractivity contribution >= 4 is 11.5 Å². The second-order valence-corrected chi connectivity index (χ2v) is 10.2. The van der Waals surface area contributed by atoms with Gasteiger partial charge in [-0.05, 0) is 51.2 Å². The third-order valence-corrected chi connectivity index (χ3v) is 7.35. The number of ether oxygens (including phenoxy) is 1. The third-order valence-electron chi connectivity index (χ3n) is 7.35. The quantitative estimate of drug-likeness (QED) is 0.448. The molecule has 0 amide bonds. The van der Waals surface area contributed by atoms with Crippen molar-refractivity contribution in [3.63, 3.8) is 0 Å². The van der Waals surface area contributed by atoms with E-state index in [0.717, 1.165) is 55.5 Å². The summed E-state index contributed by atoms with van der Waals surface area (Å²) in [6.45, 7) is 11.4. The Labute approximate surface area is 197 Å². The van der Waals surface area contributed by atoms with Crippen molar-refractivity contribution in [1.29, 1.82) is 5.41 Å². The second kappa shape index (κ2) is 8.90. The van der Waals surface area contributed by atoms with Crippen LogP contribution in [0.25, 0.3) is 0 Å². The molecule has 2 aromatic rings. The summed E-state index contributed by atoms with van der Waals surface area (Å²) in [6.07, 6.45) is 9.91. The highest BCUT2D eigenvalue weighted by Crippen LogP contribution is 2.39. The van der Waals surface area contributed by atoms with Crippen molar-refractivity contribution in [3.8, 4) is 5.75 Å². The minimum atomic E-state index is -0.0388. The zero-order chi connectivity index (χ0) is 23.0. The highest BCUT2D eigenvalue weighted by Gasteiger charge is 2.40. The Morgan fingerprint density at radius 3 is 2.82 bits per heavy atom. The van der Waals surface area contributed by atoms with Crippen LogP contribution in [-0.2, 0) is 0 Å². The first kappa shape index (κ1) is 22.1. The molecule has 6 heteroatoms.